The molecule has 1 amide bonds. The Morgan fingerprint density at radius 2 is 2.00 bits per heavy atom. The summed E-state index contributed by atoms with van der Waals surface area (Å²) < 4.78 is 0.747. The molecule has 0 aliphatic rings. The zero-order valence-corrected chi connectivity index (χ0v) is 11.9. The fraction of sp³-hybridized carbons (Fsp3) is 0.0667. The van der Waals surface area contributed by atoms with Crippen molar-refractivity contribution in [2.24, 2.45) is 0 Å². The number of benzene rings is 2. The molecule has 0 unspecified atom stereocenters. The van der Waals surface area contributed by atoms with Crippen molar-refractivity contribution >= 4 is 33.8 Å². The number of aldehydes is 1. The van der Waals surface area contributed by atoms with Gasteiger partial charge in [-0.15, -0.1) is 0 Å². The second kappa shape index (κ2) is 5.80. The summed E-state index contributed by atoms with van der Waals surface area (Å²) in [4.78, 5) is 22.8. The third-order valence-electron chi connectivity index (χ3n) is 2.65. The van der Waals surface area contributed by atoms with Crippen molar-refractivity contribution in [3.8, 4) is 0 Å². The maximum Gasteiger partial charge on any atom is 0.256 e. The van der Waals surface area contributed by atoms with E-state index in [4.69, 9.17) is 0 Å². The number of hydrogen-bond donors (Lipinski definition) is 1. The molecule has 0 saturated heterocycles. The number of aryl methyl sites for hydroxylation is 1. The number of amides is 1. The van der Waals surface area contributed by atoms with Crippen molar-refractivity contribution in [2.45, 2.75) is 6.92 Å². The molecule has 2 rings (SSSR count). The van der Waals surface area contributed by atoms with E-state index in [0.717, 1.165) is 16.3 Å². The Balaban J connectivity index is 2.22. The summed E-state index contributed by atoms with van der Waals surface area (Å²) in [5.74, 6) is -0.213. The van der Waals surface area contributed by atoms with Crippen molar-refractivity contribution < 1.29 is 9.59 Å². The predicted octanol–water partition coefficient (Wildman–Crippen LogP) is 3.82. The number of anilines is 1. The smallest absolute Gasteiger partial charge is 0.256 e. The Labute approximate surface area is 119 Å². The van der Waals surface area contributed by atoms with Crippen LogP contribution in [0.3, 0.4) is 0 Å². The van der Waals surface area contributed by atoms with Crippen molar-refractivity contribution in [1.29, 1.82) is 0 Å². The molecule has 3 nitrogen and oxygen atoms in total. The van der Waals surface area contributed by atoms with Crippen LogP contribution in [-0.4, -0.2) is 12.2 Å². The first-order valence-electron chi connectivity index (χ1n) is 5.73. The standard InChI is InChI=1S/C15H12BrNO2/c1-10-5-6-13(14(16)7-10)15(19)17-12-4-2-3-11(8-12)9-18/h2-9H,1H3,(H,17,19). The van der Waals surface area contributed by atoms with Crippen LogP contribution in [0.2, 0.25) is 0 Å². The minimum atomic E-state index is -0.213. The lowest BCUT2D eigenvalue weighted by atomic mass is 10.1. The van der Waals surface area contributed by atoms with Gasteiger partial charge in [-0.05, 0) is 52.7 Å². The van der Waals surface area contributed by atoms with Gasteiger partial charge in [0.1, 0.15) is 6.29 Å². The van der Waals surface area contributed by atoms with Gasteiger partial charge in [-0.2, -0.15) is 0 Å². The van der Waals surface area contributed by atoms with E-state index in [1.165, 1.54) is 0 Å². The van der Waals surface area contributed by atoms with Gasteiger partial charge in [0.15, 0.2) is 0 Å². The lowest BCUT2D eigenvalue weighted by molar-refractivity contribution is 0.102. The van der Waals surface area contributed by atoms with Crippen molar-refractivity contribution in [3.63, 3.8) is 0 Å². The Hall–Kier alpha value is -1.94. The molecule has 0 spiro atoms. The average molecular weight is 318 g/mol. The molecule has 0 radical (unpaired) electrons. The van der Waals surface area contributed by atoms with E-state index < -0.39 is 0 Å². The van der Waals surface area contributed by atoms with E-state index in [1.54, 1.807) is 30.3 Å². The number of nitrogens with one attached hydrogen (secondary N) is 1. The fourth-order valence-electron chi connectivity index (χ4n) is 1.69. The minimum absolute atomic E-state index is 0.213. The summed E-state index contributed by atoms with van der Waals surface area (Å²) in [6, 6.07) is 12.3. The SMILES string of the molecule is Cc1ccc(C(=O)Nc2cccc(C=O)c2)c(Br)c1. The van der Waals surface area contributed by atoms with Gasteiger partial charge in [0.25, 0.3) is 5.91 Å². The topological polar surface area (TPSA) is 46.2 Å². The molecule has 0 saturated carbocycles. The maximum atomic E-state index is 12.1. The Morgan fingerprint density at radius 1 is 1.21 bits per heavy atom. The lowest BCUT2D eigenvalue weighted by Crippen LogP contribution is -2.12. The Bertz CT molecular complexity index is 638. The van der Waals surface area contributed by atoms with Crippen LogP contribution in [0.4, 0.5) is 5.69 Å². The summed E-state index contributed by atoms with van der Waals surface area (Å²) in [5, 5.41) is 2.77. The van der Waals surface area contributed by atoms with Crippen molar-refractivity contribution in [1.82, 2.24) is 0 Å². The third kappa shape index (κ3) is 3.29. The normalized spacial score (nSPS) is 10.0. The van der Waals surface area contributed by atoms with Crippen LogP contribution in [-0.2, 0) is 0 Å². The van der Waals surface area contributed by atoms with Crippen LogP contribution in [0.5, 0.6) is 0 Å². The first-order chi connectivity index (χ1) is 9.10. The second-order valence-electron chi connectivity index (χ2n) is 4.18. The summed E-state index contributed by atoms with van der Waals surface area (Å²) in [7, 11) is 0. The van der Waals surface area contributed by atoms with E-state index in [1.807, 2.05) is 19.1 Å². The molecule has 0 aliphatic heterocycles. The third-order valence-corrected chi connectivity index (χ3v) is 3.31. The van der Waals surface area contributed by atoms with E-state index in [9.17, 15) is 9.59 Å². The van der Waals surface area contributed by atoms with Gasteiger partial charge in [0, 0.05) is 15.7 Å². The van der Waals surface area contributed by atoms with Gasteiger partial charge in [0.05, 0.1) is 5.56 Å². The number of hydrogen-bond acceptors (Lipinski definition) is 2. The molecule has 19 heavy (non-hydrogen) atoms. The van der Waals surface area contributed by atoms with Crippen molar-refractivity contribution in [3.05, 3.63) is 63.6 Å². The first kappa shape index (κ1) is 13.5. The molecule has 0 aliphatic carbocycles. The summed E-state index contributed by atoms with van der Waals surface area (Å²) in [6.45, 7) is 1.96. The highest BCUT2D eigenvalue weighted by Crippen LogP contribution is 2.20. The lowest BCUT2D eigenvalue weighted by Gasteiger charge is -2.08. The van der Waals surface area contributed by atoms with Gasteiger partial charge in [-0.25, -0.2) is 0 Å². The molecule has 0 bridgehead atoms. The molecule has 96 valence electrons. The molecule has 2 aromatic carbocycles. The van der Waals surface area contributed by atoms with Crippen LogP contribution in [0.15, 0.2) is 46.9 Å². The van der Waals surface area contributed by atoms with Gasteiger partial charge < -0.3 is 5.32 Å². The summed E-state index contributed by atoms with van der Waals surface area (Å²) >= 11 is 3.37. The average Bonchev–Trinajstić information content (AvgIpc) is 2.38. The van der Waals surface area contributed by atoms with Gasteiger partial charge in [0.2, 0.25) is 0 Å². The highest BCUT2D eigenvalue weighted by Gasteiger charge is 2.10. The van der Waals surface area contributed by atoms with E-state index in [2.05, 4.69) is 21.2 Å². The molecular weight excluding hydrogens is 306 g/mol. The summed E-state index contributed by atoms with van der Waals surface area (Å²) in [5.41, 5.74) is 2.76. The van der Waals surface area contributed by atoms with Crippen LogP contribution >= 0.6 is 15.9 Å². The van der Waals surface area contributed by atoms with E-state index >= 15 is 0 Å². The maximum absolute atomic E-state index is 12.1. The Kier molecular flexibility index (Phi) is 4.12. The molecule has 1 N–H and O–H groups in total. The monoisotopic (exact) mass is 317 g/mol. The molecule has 0 aromatic heterocycles. The second-order valence-corrected chi connectivity index (χ2v) is 5.04. The molecule has 0 atom stereocenters. The summed E-state index contributed by atoms with van der Waals surface area (Å²) in [6.07, 6.45) is 0.747. The van der Waals surface area contributed by atoms with Crippen LogP contribution in [0.1, 0.15) is 26.3 Å². The quantitative estimate of drug-likeness (QED) is 0.875. The van der Waals surface area contributed by atoms with Gasteiger partial charge >= 0.3 is 0 Å². The van der Waals surface area contributed by atoms with E-state index in [-0.39, 0.29) is 5.91 Å². The van der Waals surface area contributed by atoms with Crippen LogP contribution < -0.4 is 5.32 Å². The number of rotatable bonds is 3. The van der Waals surface area contributed by atoms with Gasteiger partial charge in [-0.3, -0.25) is 9.59 Å². The van der Waals surface area contributed by atoms with Crippen LogP contribution in [0.25, 0.3) is 0 Å². The minimum Gasteiger partial charge on any atom is -0.322 e. The molecular formula is C15H12BrNO2. The largest absolute Gasteiger partial charge is 0.322 e. The van der Waals surface area contributed by atoms with Gasteiger partial charge in [-0.1, -0.05) is 18.2 Å². The number of carbonyl (C=O) groups is 2. The fourth-order valence-corrected chi connectivity index (χ4v) is 2.37. The molecule has 0 heterocycles. The highest BCUT2D eigenvalue weighted by atomic mass is 79.9. The van der Waals surface area contributed by atoms with Crippen molar-refractivity contribution in [2.75, 3.05) is 5.32 Å². The predicted molar refractivity (Wildman–Crippen MR) is 78.7 cm³/mol. The highest BCUT2D eigenvalue weighted by molar-refractivity contribution is 9.10. The zero-order valence-electron chi connectivity index (χ0n) is 10.3. The Morgan fingerprint density at radius 3 is 2.68 bits per heavy atom. The number of carbonyl (C=O) groups excluding carboxylic acids is 2. The zero-order chi connectivity index (χ0) is 13.8. The molecule has 0 fully saturated rings. The van der Waals surface area contributed by atoms with Crippen LogP contribution in [0, 0.1) is 6.92 Å². The van der Waals surface area contributed by atoms with E-state index in [0.29, 0.717) is 16.8 Å². The molecule has 2 aromatic rings. The molecule has 4 heteroatoms. The first-order valence-corrected chi connectivity index (χ1v) is 6.52. The number of halogens is 1.